The lowest BCUT2D eigenvalue weighted by molar-refractivity contribution is 0.690. The molecule has 0 saturated heterocycles. The molecule has 16 heavy (non-hydrogen) atoms. The lowest BCUT2D eigenvalue weighted by Crippen LogP contribution is -2.17. The van der Waals surface area contributed by atoms with Crippen molar-refractivity contribution >= 4 is 22.9 Å². The number of rotatable bonds is 3. The van der Waals surface area contributed by atoms with Gasteiger partial charge < -0.3 is 5.32 Å². The minimum Gasteiger partial charge on any atom is -0.309 e. The van der Waals surface area contributed by atoms with Gasteiger partial charge in [-0.1, -0.05) is 23.7 Å². The molecule has 1 heterocycles. The van der Waals surface area contributed by atoms with Crippen molar-refractivity contribution in [2.45, 2.75) is 13.0 Å². The molecular weight excluding hydrogens is 238 g/mol. The van der Waals surface area contributed by atoms with E-state index in [0.29, 0.717) is 0 Å². The summed E-state index contributed by atoms with van der Waals surface area (Å²) in [7, 11) is 1.97. The fraction of sp³-hybridized carbons (Fsp3) is 0.231. The van der Waals surface area contributed by atoms with E-state index >= 15 is 0 Å². The van der Waals surface area contributed by atoms with Crippen LogP contribution in [0.5, 0.6) is 0 Å². The van der Waals surface area contributed by atoms with E-state index < -0.39 is 0 Å². The Labute approximate surface area is 105 Å². The first-order valence-corrected chi connectivity index (χ1v) is 6.50. The van der Waals surface area contributed by atoms with Crippen LogP contribution in [-0.2, 0) is 0 Å². The number of nitrogens with one attached hydrogen (secondary N) is 1. The summed E-state index contributed by atoms with van der Waals surface area (Å²) in [6, 6.07) is 8.23. The highest BCUT2D eigenvalue weighted by molar-refractivity contribution is 7.08. The second-order valence-corrected chi connectivity index (χ2v) is 4.97. The molecule has 1 aromatic heterocycles. The number of hydrogen-bond acceptors (Lipinski definition) is 2. The Morgan fingerprint density at radius 1 is 1.31 bits per heavy atom. The quantitative estimate of drug-likeness (QED) is 0.869. The summed E-state index contributed by atoms with van der Waals surface area (Å²) in [5.74, 6) is 0. The average molecular weight is 252 g/mol. The van der Waals surface area contributed by atoms with E-state index in [1.54, 1.807) is 11.3 Å². The summed E-state index contributed by atoms with van der Waals surface area (Å²) in [4.78, 5) is 0. The van der Waals surface area contributed by atoms with Gasteiger partial charge in [-0.3, -0.25) is 0 Å². The summed E-state index contributed by atoms with van der Waals surface area (Å²) in [5.41, 5.74) is 3.86. The Hall–Kier alpha value is -0.830. The van der Waals surface area contributed by atoms with Gasteiger partial charge in [0.25, 0.3) is 0 Å². The van der Waals surface area contributed by atoms with Gasteiger partial charge in [0.05, 0.1) is 6.04 Å². The van der Waals surface area contributed by atoms with E-state index in [0.717, 1.165) is 5.02 Å². The first-order chi connectivity index (χ1) is 7.72. The minimum atomic E-state index is 0.227. The van der Waals surface area contributed by atoms with Crippen LogP contribution in [0.1, 0.15) is 22.7 Å². The summed E-state index contributed by atoms with van der Waals surface area (Å²) >= 11 is 7.76. The van der Waals surface area contributed by atoms with Crippen molar-refractivity contribution in [2.24, 2.45) is 0 Å². The molecule has 0 amide bonds. The van der Waals surface area contributed by atoms with E-state index in [1.165, 1.54) is 16.7 Å². The van der Waals surface area contributed by atoms with Crippen molar-refractivity contribution in [3.05, 3.63) is 56.7 Å². The lowest BCUT2D eigenvalue weighted by Gasteiger charge is -2.17. The zero-order valence-electron chi connectivity index (χ0n) is 9.33. The van der Waals surface area contributed by atoms with Crippen molar-refractivity contribution in [3.8, 4) is 0 Å². The van der Waals surface area contributed by atoms with Crippen LogP contribution in [0.4, 0.5) is 0 Å². The molecule has 0 spiro atoms. The molecule has 0 fully saturated rings. The molecule has 2 aromatic rings. The highest BCUT2D eigenvalue weighted by atomic mass is 35.5. The molecule has 0 aliphatic heterocycles. The van der Waals surface area contributed by atoms with Crippen LogP contribution in [-0.4, -0.2) is 7.05 Å². The number of aryl methyl sites for hydroxylation is 1. The maximum absolute atomic E-state index is 6.02. The second kappa shape index (κ2) is 5.00. The molecule has 0 saturated carbocycles. The number of benzene rings is 1. The van der Waals surface area contributed by atoms with Gasteiger partial charge >= 0.3 is 0 Å². The molecule has 1 aromatic carbocycles. The van der Waals surface area contributed by atoms with E-state index in [2.05, 4.69) is 29.1 Å². The first-order valence-electron chi connectivity index (χ1n) is 5.18. The average Bonchev–Trinajstić information content (AvgIpc) is 2.67. The van der Waals surface area contributed by atoms with Gasteiger partial charge in [-0.25, -0.2) is 0 Å². The Balaban J connectivity index is 2.40. The predicted molar refractivity (Wildman–Crippen MR) is 71.4 cm³/mol. The normalized spacial score (nSPS) is 12.7. The van der Waals surface area contributed by atoms with E-state index in [4.69, 9.17) is 11.6 Å². The summed E-state index contributed by atoms with van der Waals surface area (Å²) < 4.78 is 0. The number of hydrogen-bond donors (Lipinski definition) is 1. The standard InChI is InChI=1S/C13H14ClNS/c1-9-7-16-8-12(9)13(15-2)10-4-3-5-11(14)6-10/h3-8,13,15H,1-2H3. The van der Waals surface area contributed by atoms with Crippen LogP contribution in [0.25, 0.3) is 0 Å². The fourth-order valence-corrected chi connectivity index (χ4v) is 2.93. The molecule has 0 bridgehead atoms. The van der Waals surface area contributed by atoms with Crippen molar-refractivity contribution in [1.82, 2.24) is 5.32 Å². The molecule has 1 unspecified atom stereocenters. The molecular formula is C13H14ClNS. The molecule has 84 valence electrons. The molecule has 0 aliphatic rings. The topological polar surface area (TPSA) is 12.0 Å². The van der Waals surface area contributed by atoms with E-state index in [1.807, 2.05) is 25.2 Å². The second-order valence-electron chi connectivity index (χ2n) is 3.79. The van der Waals surface area contributed by atoms with Gasteiger partial charge in [0, 0.05) is 5.02 Å². The van der Waals surface area contributed by atoms with Gasteiger partial charge in [0.2, 0.25) is 0 Å². The minimum absolute atomic E-state index is 0.227. The molecule has 0 radical (unpaired) electrons. The zero-order valence-corrected chi connectivity index (χ0v) is 10.9. The SMILES string of the molecule is CNC(c1cccc(Cl)c1)c1cscc1C. The highest BCUT2D eigenvalue weighted by Gasteiger charge is 2.14. The zero-order chi connectivity index (χ0) is 11.5. The third kappa shape index (κ3) is 2.29. The van der Waals surface area contributed by atoms with Crippen molar-refractivity contribution in [2.75, 3.05) is 7.05 Å². The van der Waals surface area contributed by atoms with Crippen LogP contribution >= 0.6 is 22.9 Å². The monoisotopic (exact) mass is 251 g/mol. The van der Waals surface area contributed by atoms with E-state index in [9.17, 15) is 0 Å². The lowest BCUT2D eigenvalue weighted by atomic mass is 9.99. The predicted octanol–water partition coefficient (Wildman–Crippen LogP) is 4.02. The Kier molecular flexibility index (Phi) is 3.64. The molecule has 3 heteroatoms. The smallest absolute Gasteiger partial charge is 0.0585 e. The van der Waals surface area contributed by atoms with Crippen LogP contribution < -0.4 is 5.32 Å². The molecule has 2 rings (SSSR count). The van der Waals surface area contributed by atoms with Gasteiger partial charge in [-0.05, 0) is 53.6 Å². The van der Waals surface area contributed by atoms with Crippen molar-refractivity contribution < 1.29 is 0 Å². The van der Waals surface area contributed by atoms with Gasteiger partial charge in [0.1, 0.15) is 0 Å². The highest BCUT2D eigenvalue weighted by Crippen LogP contribution is 2.28. The Morgan fingerprint density at radius 2 is 2.12 bits per heavy atom. The van der Waals surface area contributed by atoms with Crippen LogP contribution in [0, 0.1) is 6.92 Å². The third-order valence-electron chi connectivity index (χ3n) is 2.68. The maximum Gasteiger partial charge on any atom is 0.0585 e. The molecule has 1 atom stereocenters. The van der Waals surface area contributed by atoms with E-state index in [-0.39, 0.29) is 6.04 Å². The largest absolute Gasteiger partial charge is 0.309 e. The van der Waals surface area contributed by atoms with Gasteiger partial charge in [0.15, 0.2) is 0 Å². The van der Waals surface area contributed by atoms with Crippen LogP contribution in [0.3, 0.4) is 0 Å². The summed E-state index contributed by atoms with van der Waals surface area (Å²) in [5, 5.41) is 8.48. The molecule has 1 N–H and O–H groups in total. The van der Waals surface area contributed by atoms with Gasteiger partial charge in [-0.2, -0.15) is 11.3 Å². The Bertz CT molecular complexity index is 478. The summed E-state index contributed by atoms with van der Waals surface area (Å²) in [6.07, 6.45) is 0. The van der Waals surface area contributed by atoms with Crippen LogP contribution in [0.2, 0.25) is 5.02 Å². The number of thiophene rings is 1. The fourth-order valence-electron chi connectivity index (χ4n) is 1.85. The first kappa shape index (κ1) is 11.6. The van der Waals surface area contributed by atoms with Gasteiger partial charge in [-0.15, -0.1) is 0 Å². The van der Waals surface area contributed by atoms with Crippen LogP contribution in [0.15, 0.2) is 35.0 Å². The van der Waals surface area contributed by atoms with Crippen molar-refractivity contribution in [3.63, 3.8) is 0 Å². The van der Waals surface area contributed by atoms with Crippen molar-refractivity contribution in [1.29, 1.82) is 0 Å². The maximum atomic E-state index is 6.02. The Morgan fingerprint density at radius 3 is 2.69 bits per heavy atom. The third-order valence-corrected chi connectivity index (χ3v) is 3.79. The molecule has 1 nitrogen and oxygen atoms in total. The molecule has 0 aliphatic carbocycles. The number of halogens is 1. The summed E-state index contributed by atoms with van der Waals surface area (Å²) in [6.45, 7) is 2.14.